The van der Waals surface area contributed by atoms with Gasteiger partial charge in [0, 0.05) is 23.9 Å². The fraction of sp³-hybridized carbons (Fsp3) is 0.364. The molecule has 4 nitrogen and oxygen atoms in total. The first-order chi connectivity index (χ1) is 13.5. The van der Waals surface area contributed by atoms with Gasteiger partial charge >= 0.3 is 0 Å². The van der Waals surface area contributed by atoms with Gasteiger partial charge in [0.25, 0.3) is 0 Å². The number of nitrogens with one attached hydrogen (secondary N) is 1. The molecule has 0 aromatic heterocycles. The van der Waals surface area contributed by atoms with Gasteiger partial charge in [-0.2, -0.15) is 0 Å². The average Bonchev–Trinajstić information content (AvgIpc) is 2.70. The van der Waals surface area contributed by atoms with Gasteiger partial charge in [0.05, 0.1) is 5.75 Å². The van der Waals surface area contributed by atoms with Crippen molar-refractivity contribution in [3.8, 4) is 0 Å². The summed E-state index contributed by atoms with van der Waals surface area (Å²) in [7, 11) is 0. The van der Waals surface area contributed by atoms with Crippen molar-refractivity contribution in [2.75, 3.05) is 12.3 Å². The zero-order valence-corrected chi connectivity index (χ0v) is 17.9. The van der Waals surface area contributed by atoms with Gasteiger partial charge in [0.1, 0.15) is 6.04 Å². The number of thioether (sulfide) groups is 1. The maximum Gasteiger partial charge on any atom is 0.242 e. The van der Waals surface area contributed by atoms with E-state index in [9.17, 15) is 9.59 Å². The van der Waals surface area contributed by atoms with E-state index in [0.717, 1.165) is 16.9 Å². The van der Waals surface area contributed by atoms with E-state index in [1.807, 2.05) is 68.4 Å². The highest BCUT2D eigenvalue weighted by Crippen LogP contribution is 2.18. The topological polar surface area (TPSA) is 49.4 Å². The van der Waals surface area contributed by atoms with Crippen LogP contribution >= 0.6 is 23.4 Å². The van der Waals surface area contributed by atoms with Gasteiger partial charge in [-0.3, -0.25) is 9.59 Å². The van der Waals surface area contributed by atoms with Crippen molar-refractivity contribution in [2.45, 2.75) is 38.6 Å². The Kier molecular flexibility index (Phi) is 9.38. The Labute approximate surface area is 176 Å². The first-order valence-electron chi connectivity index (χ1n) is 9.48. The van der Waals surface area contributed by atoms with Crippen LogP contribution in [0, 0.1) is 0 Å². The molecule has 1 N–H and O–H groups in total. The van der Waals surface area contributed by atoms with Crippen LogP contribution in [0.15, 0.2) is 54.6 Å². The monoisotopic (exact) mass is 418 g/mol. The van der Waals surface area contributed by atoms with Crippen LogP contribution in [0.25, 0.3) is 0 Å². The third-order valence-electron chi connectivity index (χ3n) is 4.34. The molecule has 0 aliphatic rings. The molecular weight excluding hydrogens is 392 g/mol. The summed E-state index contributed by atoms with van der Waals surface area (Å²) >= 11 is 7.46. The van der Waals surface area contributed by atoms with E-state index < -0.39 is 6.04 Å². The van der Waals surface area contributed by atoms with E-state index in [4.69, 9.17) is 11.6 Å². The Bertz CT molecular complexity index is 753. The third-order valence-corrected chi connectivity index (χ3v) is 5.58. The molecule has 0 aliphatic heterocycles. The van der Waals surface area contributed by atoms with E-state index in [2.05, 4.69) is 5.32 Å². The van der Waals surface area contributed by atoms with Gasteiger partial charge in [-0.25, -0.2) is 0 Å². The molecule has 1 atom stereocenters. The molecule has 1 unspecified atom stereocenters. The number of carbonyl (C=O) groups excluding carboxylic acids is 2. The summed E-state index contributed by atoms with van der Waals surface area (Å²) in [6.45, 7) is 4.80. The highest BCUT2D eigenvalue weighted by Gasteiger charge is 2.28. The number of rotatable bonds is 10. The smallest absolute Gasteiger partial charge is 0.242 e. The fourth-order valence-electron chi connectivity index (χ4n) is 2.91. The van der Waals surface area contributed by atoms with Crippen molar-refractivity contribution in [2.24, 2.45) is 0 Å². The molecule has 0 saturated carbocycles. The van der Waals surface area contributed by atoms with E-state index in [1.54, 1.807) is 16.7 Å². The van der Waals surface area contributed by atoms with Crippen LogP contribution in [-0.2, 0) is 21.9 Å². The summed E-state index contributed by atoms with van der Waals surface area (Å²) < 4.78 is 0. The van der Waals surface area contributed by atoms with E-state index >= 15 is 0 Å². The quantitative estimate of drug-likeness (QED) is 0.617. The Morgan fingerprint density at radius 2 is 1.71 bits per heavy atom. The van der Waals surface area contributed by atoms with Crippen LogP contribution in [0.2, 0.25) is 5.02 Å². The number of hydrogen-bond donors (Lipinski definition) is 1. The molecule has 0 fully saturated rings. The summed E-state index contributed by atoms with van der Waals surface area (Å²) in [5.41, 5.74) is 2.13. The van der Waals surface area contributed by atoms with E-state index in [-0.39, 0.29) is 11.8 Å². The number of likely N-dealkylation sites (N-methyl/N-ethyl adjacent to an activating group) is 1. The summed E-state index contributed by atoms with van der Waals surface area (Å²) in [4.78, 5) is 27.2. The van der Waals surface area contributed by atoms with Crippen LogP contribution in [0.4, 0.5) is 0 Å². The Morgan fingerprint density at radius 1 is 1.04 bits per heavy atom. The van der Waals surface area contributed by atoms with Gasteiger partial charge in [-0.05, 0) is 36.6 Å². The van der Waals surface area contributed by atoms with Gasteiger partial charge in [0.2, 0.25) is 11.8 Å². The van der Waals surface area contributed by atoms with Gasteiger partial charge < -0.3 is 10.2 Å². The lowest BCUT2D eigenvalue weighted by atomic mass is 10.1. The number of nitrogens with zero attached hydrogens (tertiary/aromatic N) is 1. The largest absolute Gasteiger partial charge is 0.355 e. The molecule has 0 aliphatic carbocycles. The minimum Gasteiger partial charge on any atom is -0.355 e. The average molecular weight is 419 g/mol. The molecule has 28 heavy (non-hydrogen) atoms. The van der Waals surface area contributed by atoms with E-state index in [1.165, 1.54) is 0 Å². The fourth-order valence-corrected chi connectivity index (χ4v) is 3.91. The van der Waals surface area contributed by atoms with Crippen molar-refractivity contribution in [3.63, 3.8) is 0 Å². The van der Waals surface area contributed by atoms with Crippen molar-refractivity contribution >= 4 is 35.2 Å². The standard InChI is InChI=1S/C22H27ClN2O2S/c1-3-20(22(27)24-4-2)25(14-17-8-6-5-7-9-17)21(26)16-28-15-18-10-12-19(23)13-11-18/h5-13,20H,3-4,14-16H2,1-2H3,(H,24,27). The van der Waals surface area contributed by atoms with Gasteiger partial charge in [0.15, 0.2) is 0 Å². The van der Waals surface area contributed by atoms with E-state index in [0.29, 0.717) is 30.3 Å². The minimum absolute atomic E-state index is 0.0269. The molecule has 2 rings (SSSR count). The maximum atomic E-state index is 13.0. The number of halogens is 1. The van der Waals surface area contributed by atoms with Crippen molar-refractivity contribution in [3.05, 3.63) is 70.7 Å². The summed E-state index contributed by atoms with van der Waals surface area (Å²) in [6.07, 6.45) is 0.576. The van der Waals surface area contributed by atoms with Crippen LogP contribution < -0.4 is 5.32 Å². The molecule has 0 heterocycles. The summed E-state index contributed by atoms with van der Waals surface area (Å²) in [6, 6.07) is 16.9. The number of benzene rings is 2. The second-order valence-electron chi connectivity index (χ2n) is 6.45. The maximum absolute atomic E-state index is 13.0. The van der Waals surface area contributed by atoms with Crippen LogP contribution in [0.3, 0.4) is 0 Å². The van der Waals surface area contributed by atoms with Gasteiger partial charge in [-0.15, -0.1) is 11.8 Å². The normalized spacial score (nSPS) is 11.7. The number of carbonyl (C=O) groups is 2. The zero-order valence-electron chi connectivity index (χ0n) is 16.4. The van der Waals surface area contributed by atoms with Gasteiger partial charge in [-0.1, -0.05) is 61.0 Å². The molecule has 0 spiro atoms. The second kappa shape index (κ2) is 11.8. The Morgan fingerprint density at radius 3 is 2.32 bits per heavy atom. The van der Waals surface area contributed by atoms with Crippen LogP contribution in [-0.4, -0.2) is 35.1 Å². The Hall–Kier alpha value is -1.98. The highest BCUT2D eigenvalue weighted by atomic mass is 35.5. The molecule has 6 heteroatoms. The van der Waals surface area contributed by atoms with Crippen LogP contribution in [0.5, 0.6) is 0 Å². The zero-order chi connectivity index (χ0) is 20.4. The number of amides is 2. The molecule has 2 aromatic carbocycles. The molecular formula is C22H27ClN2O2S. The Balaban J connectivity index is 2.06. The number of hydrogen-bond acceptors (Lipinski definition) is 3. The third kappa shape index (κ3) is 6.88. The van der Waals surface area contributed by atoms with Crippen molar-refractivity contribution < 1.29 is 9.59 Å². The van der Waals surface area contributed by atoms with Crippen LogP contribution in [0.1, 0.15) is 31.4 Å². The molecule has 2 amide bonds. The first-order valence-corrected chi connectivity index (χ1v) is 11.0. The van der Waals surface area contributed by atoms with Crippen molar-refractivity contribution in [1.82, 2.24) is 10.2 Å². The molecule has 0 saturated heterocycles. The molecule has 2 aromatic rings. The SMILES string of the molecule is CCNC(=O)C(CC)N(Cc1ccccc1)C(=O)CSCc1ccc(Cl)cc1. The lowest BCUT2D eigenvalue weighted by molar-refractivity contribution is -0.139. The molecule has 0 radical (unpaired) electrons. The molecule has 150 valence electrons. The highest BCUT2D eigenvalue weighted by molar-refractivity contribution is 7.99. The predicted molar refractivity (Wildman–Crippen MR) is 117 cm³/mol. The minimum atomic E-state index is -0.469. The second-order valence-corrected chi connectivity index (χ2v) is 7.87. The van der Waals surface area contributed by atoms with Crippen molar-refractivity contribution in [1.29, 1.82) is 0 Å². The lowest BCUT2D eigenvalue weighted by Gasteiger charge is -2.30. The molecule has 0 bridgehead atoms. The predicted octanol–water partition coefficient (Wildman–Crippen LogP) is 4.52. The lowest BCUT2D eigenvalue weighted by Crippen LogP contribution is -2.49. The first kappa shape index (κ1) is 22.3. The summed E-state index contributed by atoms with van der Waals surface area (Å²) in [5.74, 6) is 0.920. The summed E-state index contributed by atoms with van der Waals surface area (Å²) in [5, 5.41) is 3.55.